The van der Waals surface area contributed by atoms with E-state index < -0.39 is 8.07 Å². The molecule has 0 aliphatic carbocycles. The Hall–Kier alpha value is -8.06. The van der Waals surface area contributed by atoms with Crippen LogP contribution in [0.5, 0.6) is 0 Å². The van der Waals surface area contributed by atoms with Crippen molar-refractivity contribution >= 4 is 46.4 Å². The van der Waals surface area contributed by atoms with Crippen LogP contribution in [0.25, 0.3) is 45.0 Å². The van der Waals surface area contributed by atoms with Crippen molar-refractivity contribution in [1.29, 1.82) is 0 Å². The summed E-state index contributed by atoms with van der Waals surface area (Å²) in [5.41, 5.74) is 7.94. The van der Waals surface area contributed by atoms with E-state index in [4.69, 9.17) is 19.9 Å². The lowest BCUT2D eigenvalue weighted by atomic mass is 10.1. The molecule has 294 valence electrons. The summed E-state index contributed by atoms with van der Waals surface area (Å²) in [6.45, 7) is 0. The lowest BCUT2D eigenvalue weighted by Crippen LogP contribution is -2.74. The second-order valence-corrected chi connectivity index (χ2v) is 18.9. The SMILES string of the molecule is c1ccc(-c2cc(-c3ccccc3)nc(N(c3ccc([Si](c4ccccc4)(c4ccccc4)c4ccccc4)cc3)c3nc(-c4ccccc4)cc(-c4ccccc4)n3)n2)cc1. The molecule has 0 saturated carbocycles. The van der Waals surface area contributed by atoms with E-state index in [1.165, 1.54) is 20.7 Å². The van der Waals surface area contributed by atoms with E-state index in [0.717, 1.165) is 50.7 Å². The van der Waals surface area contributed by atoms with Crippen LogP contribution < -0.4 is 25.6 Å². The molecule has 5 nitrogen and oxygen atoms in total. The van der Waals surface area contributed by atoms with Gasteiger partial charge in [-0.2, -0.15) is 0 Å². The molecule has 0 bridgehead atoms. The molecule has 2 heterocycles. The van der Waals surface area contributed by atoms with Gasteiger partial charge in [-0.05, 0) is 45.0 Å². The molecule has 0 spiro atoms. The van der Waals surface area contributed by atoms with Crippen LogP contribution in [0.1, 0.15) is 0 Å². The van der Waals surface area contributed by atoms with Crippen molar-refractivity contribution in [3.8, 4) is 45.0 Å². The fourth-order valence-corrected chi connectivity index (χ4v) is 13.1. The molecule has 0 saturated heterocycles. The zero-order chi connectivity index (χ0) is 41.6. The largest absolute Gasteiger partial charge is 0.247 e. The number of rotatable bonds is 11. The molecule has 0 unspecified atom stereocenters. The van der Waals surface area contributed by atoms with Gasteiger partial charge in [0.1, 0.15) is 0 Å². The van der Waals surface area contributed by atoms with Crippen molar-refractivity contribution < 1.29 is 0 Å². The molecule has 0 N–H and O–H groups in total. The second-order valence-electron chi connectivity index (χ2n) is 15.1. The topological polar surface area (TPSA) is 54.8 Å². The molecule has 6 heteroatoms. The number of aromatic nitrogens is 4. The van der Waals surface area contributed by atoms with Gasteiger partial charge in [-0.1, -0.05) is 224 Å². The predicted molar refractivity (Wildman–Crippen MR) is 258 cm³/mol. The van der Waals surface area contributed by atoms with Crippen LogP contribution in [0.4, 0.5) is 17.6 Å². The monoisotopic (exact) mass is 811 g/mol. The Balaban J connectivity index is 1.24. The lowest BCUT2D eigenvalue weighted by molar-refractivity contribution is 1.02. The van der Waals surface area contributed by atoms with Gasteiger partial charge in [-0.25, -0.2) is 24.8 Å². The highest BCUT2D eigenvalue weighted by Crippen LogP contribution is 2.36. The Bertz CT molecular complexity index is 2690. The smallest absolute Gasteiger partial charge is 0.238 e. The fraction of sp³-hybridized carbons (Fsp3) is 0. The summed E-state index contributed by atoms with van der Waals surface area (Å²) in [4.78, 5) is 23.4. The normalized spacial score (nSPS) is 11.2. The molecule has 10 aromatic rings. The summed E-state index contributed by atoms with van der Waals surface area (Å²) in [6.07, 6.45) is 0. The molecule has 0 aliphatic heterocycles. The van der Waals surface area contributed by atoms with Gasteiger partial charge in [0, 0.05) is 22.3 Å². The van der Waals surface area contributed by atoms with Crippen LogP contribution in [0.15, 0.2) is 249 Å². The van der Waals surface area contributed by atoms with Crippen molar-refractivity contribution in [3.63, 3.8) is 0 Å². The summed E-state index contributed by atoms with van der Waals surface area (Å²) < 4.78 is 0. The number of nitrogens with zero attached hydrogens (tertiary/aromatic N) is 5. The van der Waals surface area contributed by atoms with Gasteiger partial charge in [0.2, 0.25) is 11.9 Å². The quantitative estimate of drug-likeness (QED) is 0.0962. The van der Waals surface area contributed by atoms with Gasteiger partial charge in [0.15, 0.2) is 8.07 Å². The van der Waals surface area contributed by atoms with E-state index in [1.807, 2.05) is 77.7 Å². The minimum Gasteiger partial charge on any atom is -0.247 e. The molecule has 10 rings (SSSR count). The van der Waals surface area contributed by atoms with Crippen molar-refractivity contribution in [1.82, 2.24) is 19.9 Å². The average molecular weight is 812 g/mol. The van der Waals surface area contributed by atoms with Crippen LogP contribution in [-0.4, -0.2) is 28.0 Å². The van der Waals surface area contributed by atoms with Crippen molar-refractivity contribution in [2.45, 2.75) is 0 Å². The Morgan fingerprint density at radius 3 is 0.774 bits per heavy atom. The maximum absolute atomic E-state index is 5.34. The summed E-state index contributed by atoms with van der Waals surface area (Å²) in [5.74, 6) is 0.916. The summed E-state index contributed by atoms with van der Waals surface area (Å²) in [6, 6.07) is 87.1. The van der Waals surface area contributed by atoms with Gasteiger partial charge in [0.05, 0.1) is 28.5 Å². The second kappa shape index (κ2) is 17.3. The van der Waals surface area contributed by atoms with E-state index in [1.54, 1.807) is 0 Å². The van der Waals surface area contributed by atoms with Crippen LogP contribution in [0.2, 0.25) is 0 Å². The number of hydrogen-bond donors (Lipinski definition) is 0. The summed E-state index contributed by atoms with van der Waals surface area (Å²) in [5, 5.41) is 5.16. The van der Waals surface area contributed by atoms with E-state index in [0.29, 0.717) is 11.9 Å². The summed E-state index contributed by atoms with van der Waals surface area (Å²) >= 11 is 0. The number of benzene rings is 8. The molecule has 0 fully saturated rings. The Kier molecular flexibility index (Phi) is 10.6. The third kappa shape index (κ3) is 7.51. The van der Waals surface area contributed by atoms with Gasteiger partial charge in [-0.15, -0.1) is 0 Å². The fourth-order valence-electron chi connectivity index (χ4n) is 8.34. The molecule has 0 aliphatic rings. The first-order valence-electron chi connectivity index (χ1n) is 20.8. The molecule has 0 atom stereocenters. The standard InChI is InChI=1S/C56H41N5Si/c1-8-22-42(23-9-1)51-40-52(43-24-10-2-11-25-43)58-55(57-51)61(56-59-53(44-26-12-3-13-27-44)41-54(60-56)45-28-14-4-15-29-45)46-36-38-50(39-37-46)62(47-30-16-5-17-31-47,48-32-18-6-19-33-48)49-34-20-7-21-35-49/h1-41H. The van der Waals surface area contributed by atoms with Gasteiger partial charge in [-0.3, -0.25) is 0 Å². The third-order valence-electron chi connectivity index (χ3n) is 11.3. The zero-order valence-corrected chi connectivity index (χ0v) is 34.9. The Morgan fingerprint density at radius 1 is 0.258 bits per heavy atom. The van der Waals surface area contributed by atoms with Crippen molar-refractivity contribution in [3.05, 3.63) is 249 Å². The highest BCUT2D eigenvalue weighted by molar-refractivity contribution is 7.19. The maximum Gasteiger partial charge on any atom is 0.238 e. The van der Waals surface area contributed by atoms with Gasteiger partial charge in [0.25, 0.3) is 0 Å². The lowest BCUT2D eigenvalue weighted by Gasteiger charge is -2.34. The molecule has 0 radical (unpaired) electrons. The molecular formula is C56H41N5Si. The van der Waals surface area contributed by atoms with Crippen molar-refractivity contribution in [2.75, 3.05) is 4.90 Å². The molecule has 0 amide bonds. The minimum absolute atomic E-state index is 0.458. The van der Waals surface area contributed by atoms with Crippen LogP contribution in [0.3, 0.4) is 0 Å². The molecule has 8 aromatic carbocycles. The minimum atomic E-state index is -2.81. The van der Waals surface area contributed by atoms with E-state index in [-0.39, 0.29) is 0 Å². The predicted octanol–water partition coefficient (Wildman–Crippen LogP) is 10.8. The highest BCUT2D eigenvalue weighted by Gasteiger charge is 2.41. The van der Waals surface area contributed by atoms with E-state index in [9.17, 15) is 0 Å². The Labute approximate surface area is 363 Å². The number of hydrogen-bond acceptors (Lipinski definition) is 5. The van der Waals surface area contributed by atoms with Gasteiger partial charge < -0.3 is 0 Å². The maximum atomic E-state index is 5.34. The summed E-state index contributed by atoms with van der Waals surface area (Å²) in [7, 11) is -2.81. The van der Waals surface area contributed by atoms with E-state index in [2.05, 4.69) is 176 Å². The van der Waals surface area contributed by atoms with Crippen LogP contribution in [-0.2, 0) is 0 Å². The third-order valence-corrected chi connectivity index (χ3v) is 16.1. The Morgan fingerprint density at radius 2 is 0.500 bits per heavy atom. The van der Waals surface area contributed by atoms with Crippen LogP contribution in [0, 0.1) is 0 Å². The van der Waals surface area contributed by atoms with Crippen LogP contribution >= 0.6 is 0 Å². The van der Waals surface area contributed by atoms with Crippen molar-refractivity contribution in [2.24, 2.45) is 0 Å². The first-order valence-corrected chi connectivity index (χ1v) is 22.8. The first-order chi connectivity index (χ1) is 30.7. The van der Waals surface area contributed by atoms with E-state index >= 15 is 0 Å². The average Bonchev–Trinajstić information content (AvgIpc) is 3.37. The molecule has 62 heavy (non-hydrogen) atoms. The highest BCUT2D eigenvalue weighted by atomic mass is 28.3. The number of anilines is 3. The zero-order valence-electron chi connectivity index (χ0n) is 33.9. The first kappa shape index (κ1) is 38.2. The molecular weight excluding hydrogens is 771 g/mol. The molecule has 2 aromatic heterocycles. The van der Waals surface area contributed by atoms with Gasteiger partial charge >= 0.3 is 0 Å².